The van der Waals surface area contributed by atoms with Gasteiger partial charge in [-0.25, -0.2) is 4.84 Å². The zero-order chi connectivity index (χ0) is 18.7. The molecule has 0 unspecified atom stereocenters. The van der Waals surface area contributed by atoms with E-state index >= 15 is 0 Å². The van der Waals surface area contributed by atoms with Crippen LogP contribution in [0.2, 0.25) is 0 Å². The van der Waals surface area contributed by atoms with Gasteiger partial charge in [-0.05, 0) is 23.3 Å². The highest BCUT2D eigenvalue weighted by Crippen LogP contribution is 2.43. The maximum absolute atomic E-state index is 12.3. The van der Waals surface area contributed by atoms with Crippen LogP contribution >= 0.6 is 15.9 Å². The van der Waals surface area contributed by atoms with Crippen LogP contribution in [0.1, 0.15) is 37.4 Å². The van der Waals surface area contributed by atoms with Gasteiger partial charge in [0.1, 0.15) is 0 Å². The van der Waals surface area contributed by atoms with E-state index in [1.807, 2.05) is 54.6 Å². The summed E-state index contributed by atoms with van der Waals surface area (Å²) in [5.74, 6) is -2.46. The molecule has 1 heterocycles. The van der Waals surface area contributed by atoms with Gasteiger partial charge in [0.25, 0.3) is 5.79 Å². The van der Waals surface area contributed by atoms with Crippen molar-refractivity contribution < 1.29 is 19.2 Å². The van der Waals surface area contributed by atoms with Gasteiger partial charge in [-0.2, -0.15) is 5.06 Å². The van der Waals surface area contributed by atoms with Crippen LogP contribution in [-0.2, 0) is 25.7 Å². The summed E-state index contributed by atoms with van der Waals surface area (Å²) < 4.78 is 6.31. The summed E-state index contributed by atoms with van der Waals surface area (Å²) in [5, 5.41) is 1.73. The third-order valence-corrected chi connectivity index (χ3v) is 4.88. The molecule has 26 heavy (non-hydrogen) atoms. The fourth-order valence-corrected chi connectivity index (χ4v) is 3.36. The minimum absolute atomic E-state index is 0.216. The Morgan fingerprint density at radius 2 is 1.81 bits per heavy atom. The lowest BCUT2D eigenvalue weighted by Crippen LogP contribution is -2.42. The molecule has 1 aliphatic heterocycles. The first-order valence-electron chi connectivity index (χ1n) is 8.35. The molecule has 136 valence electrons. The summed E-state index contributed by atoms with van der Waals surface area (Å²) in [6.45, 7) is 3.13. The topological polar surface area (TPSA) is 55.8 Å². The quantitative estimate of drug-likeness (QED) is 0.683. The number of Topliss-reactive ketones (excluding diaryl/α,β-unsaturated/α-hetero) is 1. The Morgan fingerprint density at radius 1 is 1.15 bits per heavy atom. The average molecular weight is 418 g/mol. The van der Waals surface area contributed by atoms with Crippen molar-refractivity contribution in [2.24, 2.45) is 0 Å². The number of benzene rings is 2. The van der Waals surface area contributed by atoms with E-state index < -0.39 is 11.8 Å². The van der Waals surface area contributed by atoms with Gasteiger partial charge < -0.3 is 4.74 Å². The standard InChI is InChI=1S/C20H20BrNO4/c1-14(23)20(25-15(2)24)12-19(17-8-10-18(21)11-9-17)22(26-20)13-16-6-4-3-5-7-16/h3-11,19H,12-13H2,1-2H3/t19-,20+/m1/s1. The second-order valence-corrected chi connectivity index (χ2v) is 7.24. The van der Waals surface area contributed by atoms with E-state index in [4.69, 9.17) is 9.57 Å². The molecule has 2 aromatic rings. The van der Waals surface area contributed by atoms with E-state index in [1.54, 1.807) is 5.06 Å². The lowest BCUT2D eigenvalue weighted by Gasteiger charge is -2.26. The number of hydrogen-bond acceptors (Lipinski definition) is 5. The molecular formula is C20H20BrNO4. The number of ether oxygens (including phenoxy) is 1. The van der Waals surface area contributed by atoms with Gasteiger partial charge >= 0.3 is 5.97 Å². The Labute approximate surface area is 161 Å². The van der Waals surface area contributed by atoms with Crippen LogP contribution in [0, 0.1) is 0 Å². The Balaban J connectivity index is 1.95. The fourth-order valence-electron chi connectivity index (χ4n) is 3.09. The maximum Gasteiger partial charge on any atom is 0.305 e. The first kappa shape index (κ1) is 18.8. The van der Waals surface area contributed by atoms with Crippen molar-refractivity contribution in [3.8, 4) is 0 Å². The summed E-state index contributed by atoms with van der Waals surface area (Å²) in [6, 6.07) is 17.4. The van der Waals surface area contributed by atoms with E-state index in [1.165, 1.54) is 13.8 Å². The number of hydroxylamine groups is 2. The predicted octanol–water partition coefficient (Wildman–Crippen LogP) is 4.18. The molecule has 2 atom stereocenters. The van der Waals surface area contributed by atoms with Crippen molar-refractivity contribution in [3.63, 3.8) is 0 Å². The second kappa shape index (κ2) is 7.70. The monoisotopic (exact) mass is 417 g/mol. The van der Waals surface area contributed by atoms with Gasteiger partial charge in [-0.15, -0.1) is 0 Å². The lowest BCUT2D eigenvalue weighted by atomic mass is 9.97. The van der Waals surface area contributed by atoms with Crippen molar-refractivity contribution in [2.75, 3.05) is 0 Å². The van der Waals surface area contributed by atoms with Gasteiger partial charge in [0, 0.05) is 31.3 Å². The first-order chi connectivity index (χ1) is 12.4. The van der Waals surface area contributed by atoms with Gasteiger partial charge in [0.05, 0.1) is 6.04 Å². The molecule has 1 aliphatic rings. The largest absolute Gasteiger partial charge is 0.424 e. The van der Waals surface area contributed by atoms with Gasteiger partial charge in [0.15, 0.2) is 0 Å². The third-order valence-electron chi connectivity index (χ3n) is 4.36. The zero-order valence-electron chi connectivity index (χ0n) is 14.6. The van der Waals surface area contributed by atoms with Crippen molar-refractivity contribution in [3.05, 3.63) is 70.2 Å². The number of rotatable bonds is 5. The van der Waals surface area contributed by atoms with Crippen molar-refractivity contribution in [2.45, 2.75) is 38.6 Å². The number of carbonyl (C=O) groups excluding carboxylic acids is 2. The molecule has 0 N–H and O–H groups in total. The molecule has 5 nitrogen and oxygen atoms in total. The molecule has 0 aromatic heterocycles. The molecule has 1 saturated heterocycles. The molecule has 0 spiro atoms. The van der Waals surface area contributed by atoms with E-state index in [-0.39, 0.29) is 18.2 Å². The Morgan fingerprint density at radius 3 is 2.38 bits per heavy atom. The molecule has 2 aromatic carbocycles. The summed E-state index contributed by atoms with van der Waals surface area (Å²) in [7, 11) is 0. The maximum atomic E-state index is 12.3. The molecule has 1 fully saturated rings. The normalized spacial score (nSPS) is 23.0. The number of nitrogens with zero attached hydrogens (tertiary/aromatic N) is 1. The molecule has 3 rings (SSSR count). The summed E-state index contributed by atoms with van der Waals surface area (Å²) in [6.07, 6.45) is 0.246. The van der Waals surface area contributed by atoms with Crippen LogP contribution in [0.15, 0.2) is 59.1 Å². The molecule has 0 saturated carbocycles. The van der Waals surface area contributed by atoms with Crippen LogP contribution in [-0.4, -0.2) is 22.6 Å². The van der Waals surface area contributed by atoms with Crippen LogP contribution in [0.3, 0.4) is 0 Å². The molecule has 6 heteroatoms. The third kappa shape index (κ3) is 4.03. The van der Waals surface area contributed by atoms with Crippen LogP contribution in [0.5, 0.6) is 0 Å². The first-order valence-corrected chi connectivity index (χ1v) is 9.15. The van der Waals surface area contributed by atoms with E-state index in [0.717, 1.165) is 15.6 Å². The van der Waals surface area contributed by atoms with Crippen molar-refractivity contribution >= 4 is 27.7 Å². The van der Waals surface area contributed by atoms with Gasteiger partial charge in [0.2, 0.25) is 5.78 Å². The van der Waals surface area contributed by atoms with Gasteiger partial charge in [-0.3, -0.25) is 9.59 Å². The SMILES string of the molecule is CC(=O)O[C@@]1(C(C)=O)C[C@H](c2ccc(Br)cc2)N(Cc2ccccc2)O1. The highest BCUT2D eigenvalue weighted by molar-refractivity contribution is 9.10. The number of carbonyl (C=O) groups is 2. The number of esters is 1. The summed E-state index contributed by atoms with van der Waals surface area (Å²) in [5.41, 5.74) is 2.02. The summed E-state index contributed by atoms with van der Waals surface area (Å²) in [4.78, 5) is 29.8. The van der Waals surface area contributed by atoms with Crippen LogP contribution < -0.4 is 0 Å². The minimum atomic E-state index is -1.58. The van der Waals surface area contributed by atoms with E-state index in [2.05, 4.69) is 15.9 Å². The lowest BCUT2D eigenvalue weighted by molar-refractivity contribution is -0.283. The fraction of sp³-hybridized carbons (Fsp3) is 0.300. The van der Waals surface area contributed by atoms with Crippen LogP contribution in [0.4, 0.5) is 0 Å². The average Bonchev–Trinajstić information content (AvgIpc) is 2.95. The van der Waals surface area contributed by atoms with Crippen LogP contribution in [0.25, 0.3) is 0 Å². The highest BCUT2D eigenvalue weighted by atomic mass is 79.9. The Bertz CT molecular complexity index is 793. The smallest absolute Gasteiger partial charge is 0.305 e. The van der Waals surface area contributed by atoms with Crippen molar-refractivity contribution in [1.29, 1.82) is 0 Å². The zero-order valence-corrected chi connectivity index (χ0v) is 16.2. The number of ketones is 1. The molecule has 0 radical (unpaired) electrons. The molecular weight excluding hydrogens is 398 g/mol. The minimum Gasteiger partial charge on any atom is -0.424 e. The van der Waals surface area contributed by atoms with E-state index in [9.17, 15) is 9.59 Å². The van der Waals surface area contributed by atoms with Crippen molar-refractivity contribution in [1.82, 2.24) is 5.06 Å². The summed E-state index contributed by atoms with van der Waals surface area (Å²) >= 11 is 3.43. The second-order valence-electron chi connectivity index (χ2n) is 6.33. The Kier molecular flexibility index (Phi) is 5.55. The number of halogens is 1. The van der Waals surface area contributed by atoms with E-state index in [0.29, 0.717) is 6.54 Å². The van der Waals surface area contributed by atoms with Gasteiger partial charge in [-0.1, -0.05) is 58.4 Å². The molecule has 0 bridgehead atoms. The number of hydrogen-bond donors (Lipinski definition) is 0. The Hall–Kier alpha value is -2.02. The predicted molar refractivity (Wildman–Crippen MR) is 99.7 cm³/mol. The molecule has 0 amide bonds. The molecule has 0 aliphatic carbocycles. The highest BCUT2D eigenvalue weighted by Gasteiger charge is 2.52.